The van der Waals surface area contributed by atoms with E-state index in [1.54, 1.807) is 30.3 Å². The summed E-state index contributed by atoms with van der Waals surface area (Å²) >= 11 is 0. The molecule has 4 nitrogen and oxygen atoms in total. The Hall–Kier alpha value is -1.69. The summed E-state index contributed by atoms with van der Waals surface area (Å²) in [5.41, 5.74) is 0.150. The quantitative estimate of drug-likeness (QED) is 0.629. The van der Waals surface area contributed by atoms with Gasteiger partial charge < -0.3 is 4.84 Å². The normalized spacial score (nSPS) is 9.43. The van der Waals surface area contributed by atoms with E-state index in [0.29, 0.717) is 10.6 Å². The van der Waals surface area contributed by atoms with Gasteiger partial charge in [-0.3, -0.25) is 4.79 Å². The molecule has 104 valence electrons. The van der Waals surface area contributed by atoms with Crippen LogP contribution in [0.15, 0.2) is 54.6 Å². The molecule has 0 spiro atoms. The van der Waals surface area contributed by atoms with Gasteiger partial charge in [-0.05, 0) is 24.3 Å². The molecule has 0 aliphatic heterocycles. The topological polar surface area (TPSA) is 46.6 Å². The van der Waals surface area contributed by atoms with Gasteiger partial charge in [-0.1, -0.05) is 30.3 Å². The van der Waals surface area contributed by atoms with Crippen molar-refractivity contribution in [3.05, 3.63) is 71.5 Å². The molecule has 2 aromatic carbocycles. The fourth-order valence-electron chi connectivity index (χ4n) is 1.60. The first-order valence-corrected chi connectivity index (χ1v) is 5.89. The molecule has 0 bridgehead atoms. The van der Waals surface area contributed by atoms with Crippen molar-refractivity contribution in [2.45, 2.75) is 0 Å². The summed E-state index contributed by atoms with van der Waals surface area (Å²) in [6.45, 7) is 0. The van der Waals surface area contributed by atoms with Crippen molar-refractivity contribution in [1.82, 2.24) is 5.06 Å². The maximum atomic E-state index is 13.5. The molecule has 0 saturated carbocycles. The number of benzene rings is 2. The second-order valence-electron chi connectivity index (χ2n) is 4.03. The fourth-order valence-corrected chi connectivity index (χ4v) is 1.60. The van der Waals surface area contributed by atoms with E-state index in [1.807, 2.05) is 0 Å². The summed E-state index contributed by atoms with van der Waals surface area (Å²) in [4.78, 5) is 28.6. The van der Waals surface area contributed by atoms with Crippen LogP contribution in [0.4, 0.5) is 4.39 Å². The average Bonchev–Trinajstić information content (AvgIpc) is 2.48. The van der Waals surface area contributed by atoms with Crippen molar-refractivity contribution in [3.63, 3.8) is 0 Å². The van der Waals surface area contributed by atoms with Crippen molar-refractivity contribution in [2.75, 3.05) is 7.05 Å². The number of hydroxylamine groups is 2. The molecule has 0 aliphatic carbocycles. The molecule has 0 saturated heterocycles. The van der Waals surface area contributed by atoms with E-state index in [4.69, 9.17) is 4.84 Å². The molecule has 0 N–H and O–H groups in total. The first-order valence-electron chi connectivity index (χ1n) is 5.89. The predicted molar refractivity (Wildman–Crippen MR) is 77.5 cm³/mol. The van der Waals surface area contributed by atoms with Crippen molar-refractivity contribution in [2.24, 2.45) is 0 Å². The monoisotopic (exact) mass is 297 g/mol. The molecule has 0 aromatic heterocycles. The first kappa shape index (κ1) is 17.4. The number of carbonyl (C=O) groups excluding carboxylic acids is 2. The van der Waals surface area contributed by atoms with Crippen LogP contribution in [0.2, 0.25) is 0 Å². The van der Waals surface area contributed by atoms with Gasteiger partial charge in [0, 0.05) is 7.05 Å². The van der Waals surface area contributed by atoms with Gasteiger partial charge in [0.15, 0.2) is 0 Å². The van der Waals surface area contributed by atoms with Crippen LogP contribution in [0.25, 0.3) is 0 Å². The Morgan fingerprint density at radius 2 is 1.57 bits per heavy atom. The van der Waals surface area contributed by atoms with Crippen molar-refractivity contribution >= 4 is 41.4 Å². The van der Waals surface area contributed by atoms with Crippen molar-refractivity contribution in [1.29, 1.82) is 0 Å². The molecular formula is C15H13FNNaO3. The van der Waals surface area contributed by atoms with Gasteiger partial charge in [-0.25, -0.2) is 9.18 Å². The number of nitrogens with zero attached hydrogens (tertiary/aromatic N) is 1. The van der Waals surface area contributed by atoms with Crippen LogP contribution >= 0.6 is 0 Å². The van der Waals surface area contributed by atoms with Crippen LogP contribution in [0.3, 0.4) is 0 Å². The summed E-state index contributed by atoms with van der Waals surface area (Å²) in [6.07, 6.45) is 0. The van der Waals surface area contributed by atoms with Crippen LogP contribution in [0.1, 0.15) is 20.7 Å². The maximum absolute atomic E-state index is 13.5. The Labute approximate surface area is 143 Å². The Bertz CT molecular complexity index is 634. The third-order valence-corrected chi connectivity index (χ3v) is 2.62. The molecule has 21 heavy (non-hydrogen) atoms. The standard InChI is InChI=1S/C15H12FNO3.Na.H/c1-17(14(18)12-9-5-6-10-13(12)16)20-15(19)11-7-3-2-4-8-11;;/h2-10H,1H3;;. The van der Waals surface area contributed by atoms with E-state index < -0.39 is 17.7 Å². The summed E-state index contributed by atoms with van der Waals surface area (Å²) in [5, 5.41) is 0.716. The molecule has 2 rings (SSSR count). The molecule has 0 heterocycles. The van der Waals surface area contributed by atoms with Crippen LogP contribution in [-0.2, 0) is 4.84 Å². The number of rotatable bonds is 2. The van der Waals surface area contributed by atoms with Crippen molar-refractivity contribution < 1.29 is 18.8 Å². The molecule has 0 radical (unpaired) electrons. The Balaban J connectivity index is 0.00000220. The average molecular weight is 297 g/mol. The van der Waals surface area contributed by atoms with Crippen LogP contribution in [0.5, 0.6) is 0 Å². The number of carbonyl (C=O) groups is 2. The molecule has 0 atom stereocenters. The fraction of sp³-hybridized carbons (Fsp3) is 0.0667. The van der Waals surface area contributed by atoms with E-state index in [0.717, 1.165) is 0 Å². The summed E-state index contributed by atoms with van der Waals surface area (Å²) in [7, 11) is 1.26. The third-order valence-electron chi connectivity index (χ3n) is 2.62. The van der Waals surface area contributed by atoms with E-state index >= 15 is 0 Å². The minimum absolute atomic E-state index is 0. The number of hydrogen-bond acceptors (Lipinski definition) is 3. The number of halogens is 1. The molecule has 0 unspecified atom stereocenters. The zero-order valence-corrected chi connectivity index (χ0v) is 10.7. The number of amides is 1. The van der Waals surface area contributed by atoms with E-state index in [-0.39, 0.29) is 35.1 Å². The van der Waals surface area contributed by atoms with Crippen LogP contribution in [-0.4, -0.2) is 53.5 Å². The first-order chi connectivity index (χ1) is 9.59. The van der Waals surface area contributed by atoms with Gasteiger partial charge in [0.2, 0.25) is 0 Å². The molecule has 1 amide bonds. The summed E-state index contributed by atoms with van der Waals surface area (Å²) in [5.74, 6) is -2.08. The second kappa shape index (κ2) is 7.93. The second-order valence-corrected chi connectivity index (χ2v) is 4.03. The SMILES string of the molecule is CN(OC(=O)c1ccccc1)C(=O)c1ccccc1F.[NaH]. The Morgan fingerprint density at radius 1 is 1.00 bits per heavy atom. The third kappa shape index (κ3) is 4.39. The van der Waals surface area contributed by atoms with Crippen LogP contribution < -0.4 is 0 Å². The predicted octanol–water partition coefficient (Wildman–Crippen LogP) is 2.02. The zero-order valence-electron chi connectivity index (χ0n) is 10.7. The van der Waals surface area contributed by atoms with Gasteiger partial charge in [0.05, 0.1) is 11.1 Å². The van der Waals surface area contributed by atoms with Gasteiger partial charge in [0.25, 0.3) is 5.91 Å². The molecule has 2 aromatic rings. The van der Waals surface area contributed by atoms with E-state index in [9.17, 15) is 14.0 Å². The molecule has 6 heteroatoms. The van der Waals surface area contributed by atoms with Crippen LogP contribution in [0, 0.1) is 5.82 Å². The summed E-state index contributed by atoms with van der Waals surface area (Å²) in [6, 6.07) is 13.7. The molecule has 0 fully saturated rings. The molecular weight excluding hydrogens is 284 g/mol. The Kier molecular flexibility index (Phi) is 6.55. The number of hydrogen-bond donors (Lipinski definition) is 0. The van der Waals surface area contributed by atoms with Crippen molar-refractivity contribution in [3.8, 4) is 0 Å². The summed E-state index contributed by atoms with van der Waals surface area (Å²) < 4.78 is 13.5. The minimum atomic E-state index is -0.729. The van der Waals surface area contributed by atoms with E-state index in [1.165, 1.54) is 31.3 Å². The molecule has 0 aliphatic rings. The van der Waals surface area contributed by atoms with Gasteiger partial charge in [-0.2, -0.15) is 5.06 Å². The van der Waals surface area contributed by atoms with Gasteiger partial charge >= 0.3 is 35.5 Å². The Morgan fingerprint density at radius 3 is 2.19 bits per heavy atom. The van der Waals surface area contributed by atoms with E-state index in [2.05, 4.69) is 0 Å². The zero-order chi connectivity index (χ0) is 14.5. The van der Waals surface area contributed by atoms with Gasteiger partial charge in [0.1, 0.15) is 5.82 Å². The van der Waals surface area contributed by atoms with Gasteiger partial charge in [-0.15, -0.1) is 0 Å².